The normalized spacial score (nSPS) is 12.4. The third kappa shape index (κ3) is 7.17. The number of hydrogen-bond acceptors (Lipinski definition) is 3. The molecule has 0 aliphatic carbocycles. The summed E-state index contributed by atoms with van der Waals surface area (Å²) >= 11 is 0. The largest absolute Gasteiger partial charge is 0.481 e. The molecule has 3 rings (SSSR count). The molecule has 0 fully saturated rings. The van der Waals surface area contributed by atoms with Crippen molar-refractivity contribution >= 4 is 11.8 Å². The summed E-state index contributed by atoms with van der Waals surface area (Å²) in [6.45, 7) is 3.77. The van der Waals surface area contributed by atoms with E-state index in [1.807, 2.05) is 74.5 Å². The maximum Gasteiger partial charge on any atom is 0.261 e. The van der Waals surface area contributed by atoms with E-state index in [9.17, 15) is 14.0 Å². The van der Waals surface area contributed by atoms with Gasteiger partial charge in [0.25, 0.3) is 5.91 Å². The second kappa shape index (κ2) is 12.5. The molecule has 0 aliphatic heterocycles. The van der Waals surface area contributed by atoms with E-state index in [0.29, 0.717) is 6.42 Å². The van der Waals surface area contributed by atoms with Crippen LogP contribution in [-0.4, -0.2) is 35.4 Å². The van der Waals surface area contributed by atoms with Crippen molar-refractivity contribution in [2.75, 3.05) is 6.61 Å². The molecule has 0 spiro atoms. The van der Waals surface area contributed by atoms with Gasteiger partial charge < -0.3 is 15.0 Å². The molecule has 0 radical (unpaired) electrons. The van der Waals surface area contributed by atoms with Crippen molar-refractivity contribution < 1.29 is 18.7 Å². The second-order valence-electron chi connectivity index (χ2n) is 8.25. The summed E-state index contributed by atoms with van der Waals surface area (Å²) in [5.41, 5.74) is 1.82. The van der Waals surface area contributed by atoms with Crippen molar-refractivity contribution in [3.63, 3.8) is 0 Å². The molecule has 0 saturated heterocycles. The van der Waals surface area contributed by atoms with Crippen LogP contribution in [0.4, 0.5) is 4.39 Å². The maximum atomic E-state index is 14.0. The van der Waals surface area contributed by atoms with Gasteiger partial charge in [-0.15, -0.1) is 0 Å². The first kappa shape index (κ1) is 25.0. The molecule has 3 aromatic carbocycles. The number of rotatable bonds is 11. The predicted molar refractivity (Wildman–Crippen MR) is 131 cm³/mol. The Morgan fingerprint density at radius 2 is 1.50 bits per heavy atom. The lowest BCUT2D eigenvalue weighted by Crippen LogP contribution is -2.53. The standard InChI is InChI=1S/C28H31FN2O3/c1-3-21(2)30-28(33)25(18-22-12-6-4-7-13-22)31(19-23-14-8-5-9-15-23)27(32)20-34-26-17-11-10-16-24(26)29/h4-17,21,25H,3,18-20H2,1-2H3,(H,30,33)/t21-,25+/m1/s1. The van der Waals surface area contributed by atoms with Crippen molar-refractivity contribution in [2.45, 2.75) is 45.3 Å². The van der Waals surface area contributed by atoms with E-state index in [-0.39, 0.29) is 30.9 Å². The van der Waals surface area contributed by atoms with Crippen LogP contribution in [0.1, 0.15) is 31.4 Å². The zero-order valence-electron chi connectivity index (χ0n) is 19.6. The summed E-state index contributed by atoms with van der Waals surface area (Å²) < 4.78 is 19.5. The van der Waals surface area contributed by atoms with Gasteiger partial charge in [-0.25, -0.2) is 4.39 Å². The van der Waals surface area contributed by atoms with Crippen LogP contribution < -0.4 is 10.1 Å². The topological polar surface area (TPSA) is 58.6 Å². The summed E-state index contributed by atoms with van der Waals surface area (Å²) in [6, 6.07) is 24.2. The Bertz CT molecular complexity index is 1060. The zero-order chi connectivity index (χ0) is 24.3. The van der Waals surface area contributed by atoms with E-state index < -0.39 is 17.8 Å². The third-order valence-electron chi connectivity index (χ3n) is 5.66. The fourth-order valence-corrected chi connectivity index (χ4v) is 3.56. The number of para-hydroxylation sites is 1. The first-order valence-electron chi connectivity index (χ1n) is 11.5. The van der Waals surface area contributed by atoms with Crippen LogP contribution in [0, 0.1) is 5.82 Å². The highest BCUT2D eigenvalue weighted by molar-refractivity contribution is 5.88. The maximum absolute atomic E-state index is 14.0. The summed E-state index contributed by atoms with van der Waals surface area (Å²) in [5.74, 6) is -1.17. The first-order valence-corrected chi connectivity index (χ1v) is 11.5. The van der Waals surface area contributed by atoms with Crippen LogP contribution >= 0.6 is 0 Å². The van der Waals surface area contributed by atoms with Crippen molar-refractivity contribution in [2.24, 2.45) is 0 Å². The number of nitrogens with one attached hydrogen (secondary N) is 1. The fraction of sp³-hybridized carbons (Fsp3) is 0.286. The van der Waals surface area contributed by atoms with E-state index in [0.717, 1.165) is 17.5 Å². The molecule has 6 heteroatoms. The van der Waals surface area contributed by atoms with E-state index in [1.54, 1.807) is 12.1 Å². The number of benzene rings is 3. The molecule has 2 amide bonds. The van der Waals surface area contributed by atoms with Gasteiger partial charge in [-0.2, -0.15) is 0 Å². The van der Waals surface area contributed by atoms with E-state index in [4.69, 9.17) is 4.74 Å². The lowest BCUT2D eigenvalue weighted by molar-refractivity contribution is -0.143. The molecule has 34 heavy (non-hydrogen) atoms. The Labute approximate surface area is 200 Å². The Hall–Kier alpha value is -3.67. The summed E-state index contributed by atoms with van der Waals surface area (Å²) in [7, 11) is 0. The van der Waals surface area contributed by atoms with E-state index in [2.05, 4.69) is 5.32 Å². The van der Waals surface area contributed by atoms with E-state index in [1.165, 1.54) is 17.0 Å². The summed E-state index contributed by atoms with van der Waals surface area (Å²) in [5, 5.41) is 3.02. The molecule has 0 bridgehead atoms. The second-order valence-corrected chi connectivity index (χ2v) is 8.25. The van der Waals surface area contributed by atoms with Gasteiger partial charge in [0.2, 0.25) is 5.91 Å². The Morgan fingerprint density at radius 3 is 2.12 bits per heavy atom. The Morgan fingerprint density at radius 1 is 0.912 bits per heavy atom. The van der Waals surface area contributed by atoms with Gasteiger partial charge in [0.15, 0.2) is 18.2 Å². The van der Waals surface area contributed by atoms with Gasteiger partial charge in [0.1, 0.15) is 6.04 Å². The molecule has 0 aromatic heterocycles. The molecular weight excluding hydrogens is 431 g/mol. The van der Waals surface area contributed by atoms with Crippen LogP contribution in [0.5, 0.6) is 5.75 Å². The number of nitrogens with zero attached hydrogens (tertiary/aromatic N) is 1. The lowest BCUT2D eigenvalue weighted by Gasteiger charge is -2.32. The molecule has 0 saturated carbocycles. The average Bonchev–Trinajstić information content (AvgIpc) is 2.86. The van der Waals surface area contributed by atoms with Gasteiger partial charge in [-0.05, 0) is 36.6 Å². The van der Waals surface area contributed by atoms with Gasteiger partial charge in [0.05, 0.1) is 0 Å². The smallest absolute Gasteiger partial charge is 0.261 e. The number of amides is 2. The zero-order valence-corrected chi connectivity index (χ0v) is 19.6. The fourth-order valence-electron chi connectivity index (χ4n) is 3.56. The average molecular weight is 463 g/mol. The monoisotopic (exact) mass is 462 g/mol. The number of carbonyl (C=O) groups excluding carboxylic acids is 2. The van der Waals surface area contributed by atoms with E-state index >= 15 is 0 Å². The molecule has 0 unspecified atom stereocenters. The minimum atomic E-state index is -0.756. The molecule has 0 heterocycles. The quantitative estimate of drug-likeness (QED) is 0.447. The Kier molecular flexibility index (Phi) is 9.21. The van der Waals surface area contributed by atoms with Gasteiger partial charge in [-0.1, -0.05) is 79.7 Å². The molecule has 2 atom stereocenters. The summed E-state index contributed by atoms with van der Waals surface area (Å²) in [6.07, 6.45) is 1.12. The lowest BCUT2D eigenvalue weighted by atomic mass is 10.0. The first-order chi connectivity index (χ1) is 16.5. The molecule has 1 N–H and O–H groups in total. The highest BCUT2D eigenvalue weighted by Crippen LogP contribution is 2.18. The minimum absolute atomic E-state index is 0.000762. The van der Waals surface area contributed by atoms with Crippen LogP contribution in [0.15, 0.2) is 84.9 Å². The van der Waals surface area contributed by atoms with Gasteiger partial charge >= 0.3 is 0 Å². The third-order valence-corrected chi connectivity index (χ3v) is 5.66. The molecule has 0 aliphatic rings. The van der Waals surface area contributed by atoms with Crippen molar-refractivity contribution in [1.82, 2.24) is 10.2 Å². The van der Waals surface area contributed by atoms with Crippen LogP contribution in [-0.2, 0) is 22.6 Å². The predicted octanol–water partition coefficient (Wildman–Crippen LogP) is 4.76. The SMILES string of the molecule is CC[C@@H](C)NC(=O)[C@H](Cc1ccccc1)N(Cc1ccccc1)C(=O)COc1ccccc1F. The minimum Gasteiger partial charge on any atom is -0.481 e. The van der Waals surface area contributed by atoms with Crippen LogP contribution in [0.2, 0.25) is 0 Å². The van der Waals surface area contributed by atoms with Crippen molar-refractivity contribution in [1.29, 1.82) is 0 Å². The summed E-state index contributed by atoms with van der Waals surface area (Å²) in [4.78, 5) is 28.3. The molecular formula is C28H31FN2O3. The number of hydrogen-bond donors (Lipinski definition) is 1. The van der Waals surface area contributed by atoms with Gasteiger partial charge in [0, 0.05) is 19.0 Å². The van der Waals surface area contributed by atoms with Crippen LogP contribution in [0.3, 0.4) is 0 Å². The van der Waals surface area contributed by atoms with Crippen LogP contribution in [0.25, 0.3) is 0 Å². The molecule has 5 nitrogen and oxygen atoms in total. The van der Waals surface area contributed by atoms with Crippen molar-refractivity contribution in [3.8, 4) is 5.75 Å². The number of halogens is 1. The molecule has 3 aromatic rings. The van der Waals surface area contributed by atoms with Crippen molar-refractivity contribution in [3.05, 3.63) is 102 Å². The number of carbonyl (C=O) groups is 2. The number of ether oxygens (including phenoxy) is 1. The highest BCUT2D eigenvalue weighted by Gasteiger charge is 2.31. The molecule has 178 valence electrons. The van der Waals surface area contributed by atoms with Gasteiger partial charge in [-0.3, -0.25) is 9.59 Å². The highest BCUT2D eigenvalue weighted by atomic mass is 19.1. The Balaban J connectivity index is 1.90.